The molecule has 1 atom stereocenters. The standard InChI is InChI=1S/C28H27FN6O2/c1-2-25(36)32-21-5-3-4-18(14-21)26-24(29)11-6-19-16-31-28(34-27(19)26)33-20-7-9-22(10-8-20)35-12-13-37-23(15-30)17-35/h2-11,14,16,23H,1,12-13,15,17,30H2,(H,32,36)(H,31,33,34). The fourth-order valence-electron chi connectivity index (χ4n) is 4.33. The number of rotatable bonds is 7. The highest BCUT2D eigenvalue weighted by Gasteiger charge is 2.19. The quantitative estimate of drug-likeness (QED) is 0.323. The van der Waals surface area contributed by atoms with E-state index in [-0.39, 0.29) is 12.0 Å². The molecule has 3 aromatic carbocycles. The van der Waals surface area contributed by atoms with Crippen molar-refractivity contribution >= 4 is 39.8 Å². The minimum Gasteiger partial charge on any atom is -0.373 e. The minimum absolute atomic E-state index is 0.0334. The number of nitrogens with zero attached hydrogens (tertiary/aromatic N) is 3. The Balaban J connectivity index is 1.42. The first-order chi connectivity index (χ1) is 18.0. The van der Waals surface area contributed by atoms with Crippen LogP contribution in [-0.4, -0.2) is 48.2 Å². The lowest BCUT2D eigenvalue weighted by molar-refractivity contribution is -0.111. The van der Waals surface area contributed by atoms with E-state index < -0.39 is 5.82 Å². The average molecular weight is 499 g/mol. The van der Waals surface area contributed by atoms with E-state index >= 15 is 4.39 Å². The molecule has 9 heteroatoms. The number of nitrogens with one attached hydrogen (secondary N) is 2. The third-order valence-electron chi connectivity index (χ3n) is 6.20. The van der Waals surface area contributed by atoms with E-state index in [0.717, 1.165) is 24.5 Å². The highest BCUT2D eigenvalue weighted by atomic mass is 19.1. The summed E-state index contributed by atoms with van der Waals surface area (Å²) in [6.07, 6.45) is 2.87. The molecule has 0 aliphatic carbocycles. The van der Waals surface area contributed by atoms with Gasteiger partial charge in [-0.3, -0.25) is 4.79 Å². The molecule has 4 N–H and O–H groups in total. The number of hydrogen-bond acceptors (Lipinski definition) is 7. The molecule has 1 fully saturated rings. The van der Waals surface area contributed by atoms with Crippen LogP contribution in [0.5, 0.6) is 0 Å². The van der Waals surface area contributed by atoms with E-state index in [2.05, 4.69) is 32.1 Å². The van der Waals surface area contributed by atoms with Crippen LogP contribution in [-0.2, 0) is 9.53 Å². The molecule has 1 aromatic heterocycles. The summed E-state index contributed by atoms with van der Waals surface area (Å²) in [6.45, 7) is 6.17. The van der Waals surface area contributed by atoms with Gasteiger partial charge in [-0.25, -0.2) is 14.4 Å². The Labute approximate surface area is 214 Å². The van der Waals surface area contributed by atoms with Crippen molar-refractivity contribution < 1.29 is 13.9 Å². The summed E-state index contributed by atoms with van der Waals surface area (Å²) >= 11 is 0. The number of hydrogen-bond donors (Lipinski definition) is 3. The summed E-state index contributed by atoms with van der Waals surface area (Å²) in [7, 11) is 0. The molecule has 5 rings (SSSR count). The molecular weight excluding hydrogens is 471 g/mol. The highest BCUT2D eigenvalue weighted by Crippen LogP contribution is 2.32. The number of morpholine rings is 1. The van der Waals surface area contributed by atoms with Crippen LogP contribution in [0.2, 0.25) is 0 Å². The summed E-state index contributed by atoms with van der Waals surface area (Å²) < 4.78 is 20.7. The number of ether oxygens (including phenoxy) is 1. The normalized spacial score (nSPS) is 15.4. The number of carbonyl (C=O) groups excluding carboxylic acids is 1. The maximum atomic E-state index is 15.1. The first-order valence-corrected chi connectivity index (χ1v) is 12.0. The number of carbonyl (C=O) groups is 1. The first kappa shape index (κ1) is 24.4. The zero-order chi connectivity index (χ0) is 25.8. The summed E-state index contributed by atoms with van der Waals surface area (Å²) in [5.74, 6) is -0.420. The Bertz CT molecular complexity index is 1440. The Morgan fingerprint density at radius 3 is 2.81 bits per heavy atom. The average Bonchev–Trinajstić information content (AvgIpc) is 2.93. The monoisotopic (exact) mass is 498 g/mol. The van der Waals surface area contributed by atoms with Crippen molar-refractivity contribution in [1.82, 2.24) is 9.97 Å². The summed E-state index contributed by atoms with van der Waals surface area (Å²) in [5.41, 5.74) is 9.55. The molecule has 0 saturated carbocycles. The van der Waals surface area contributed by atoms with Crippen LogP contribution in [0, 0.1) is 5.82 Å². The van der Waals surface area contributed by atoms with Crippen molar-refractivity contribution in [3.8, 4) is 11.1 Å². The summed E-state index contributed by atoms with van der Waals surface area (Å²) in [6, 6.07) is 17.9. The Morgan fingerprint density at radius 2 is 2.03 bits per heavy atom. The zero-order valence-electron chi connectivity index (χ0n) is 20.2. The van der Waals surface area contributed by atoms with Gasteiger partial charge in [0.05, 0.1) is 18.2 Å². The van der Waals surface area contributed by atoms with Crippen LogP contribution in [0.4, 0.5) is 27.4 Å². The van der Waals surface area contributed by atoms with Crippen molar-refractivity contribution in [3.05, 3.63) is 85.3 Å². The predicted molar refractivity (Wildman–Crippen MR) is 144 cm³/mol. The molecule has 0 spiro atoms. The van der Waals surface area contributed by atoms with Gasteiger partial charge in [-0.15, -0.1) is 0 Å². The molecular formula is C28H27FN6O2. The van der Waals surface area contributed by atoms with Gasteiger partial charge in [-0.1, -0.05) is 18.7 Å². The second kappa shape index (κ2) is 10.7. The molecule has 2 heterocycles. The summed E-state index contributed by atoms with van der Waals surface area (Å²) in [4.78, 5) is 23.0. The lowest BCUT2D eigenvalue weighted by Crippen LogP contribution is -2.45. The van der Waals surface area contributed by atoms with Gasteiger partial charge in [0.1, 0.15) is 5.82 Å². The number of nitrogens with two attached hydrogens (primary N) is 1. The first-order valence-electron chi connectivity index (χ1n) is 12.0. The fourth-order valence-corrected chi connectivity index (χ4v) is 4.33. The smallest absolute Gasteiger partial charge is 0.247 e. The number of aromatic nitrogens is 2. The lowest BCUT2D eigenvalue weighted by Gasteiger charge is -2.34. The minimum atomic E-state index is -0.421. The number of anilines is 4. The molecule has 37 heavy (non-hydrogen) atoms. The van der Waals surface area contributed by atoms with E-state index in [9.17, 15) is 4.79 Å². The highest BCUT2D eigenvalue weighted by molar-refractivity contribution is 6.00. The van der Waals surface area contributed by atoms with Gasteiger partial charge in [0, 0.05) is 53.8 Å². The van der Waals surface area contributed by atoms with E-state index in [1.807, 2.05) is 24.3 Å². The van der Waals surface area contributed by atoms with Crippen molar-refractivity contribution in [2.75, 3.05) is 41.8 Å². The Hall–Kier alpha value is -4.34. The third-order valence-corrected chi connectivity index (χ3v) is 6.20. The van der Waals surface area contributed by atoms with Gasteiger partial charge in [0.15, 0.2) is 0 Å². The number of fused-ring (bicyclic) bond motifs is 1. The Kier molecular flexibility index (Phi) is 7.07. The molecule has 1 unspecified atom stereocenters. The summed E-state index contributed by atoms with van der Waals surface area (Å²) in [5, 5.41) is 6.61. The molecule has 1 aliphatic rings. The zero-order valence-corrected chi connectivity index (χ0v) is 20.2. The molecule has 8 nitrogen and oxygen atoms in total. The molecule has 188 valence electrons. The molecule has 1 aliphatic heterocycles. The molecule has 1 amide bonds. The van der Waals surface area contributed by atoms with Crippen molar-refractivity contribution in [2.24, 2.45) is 5.73 Å². The van der Waals surface area contributed by atoms with Crippen molar-refractivity contribution in [2.45, 2.75) is 6.10 Å². The van der Waals surface area contributed by atoms with Gasteiger partial charge in [-0.2, -0.15) is 0 Å². The van der Waals surface area contributed by atoms with Gasteiger partial charge in [0.25, 0.3) is 0 Å². The largest absolute Gasteiger partial charge is 0.373 e. The number of amides is 1. The van der Waals surface area contributed by atoms with E-state index in [1.165, 1.54) is 12.1 Å². The maximum Gasteiger partial charge on any atom is 0.247 e. The van der Waals surface area contributed by atoms with Crippen LogP contribution in [0.3, 0.4) is 0 Å². The van der Waals surface area contributed by atoms with Crippen LogP contribution < -0.4 is 21.3 Å². The van der Waals surface area contributed by atoms with E-state index in [4.69, 9.17) is 10.5 Å². The van der Waals surface area contributed by atoms with Gasteiger partial charge in [-0.05, 0) is 60.2 Å². The van der Waals surface area contributed by atoms with Crippen LogP contribution >= 0.6 is 0 Å². The predicted octanol–water partition coefficient (Wildman–Crippen LogP) is 4.47. The number of halogens is 1. The molecule has 0 radical (unpaired) electrons. The van der Waals surface area contributed by atoms with Gasteiger partial charge in [0.2, 0.25) is 11.9 Å². The van der Waals surface area contributed by atoms with Gasteiger partial charge >= 0.3 is 0 Å². The second-order valence-corrected chi connectivity index (χ2v) is 8.67. The van der Waals surface area contributed by atoms with Crippen LogP contribution in [0.25, 0.3) is 22.0 Å². The van der Waals surface area contributed by atoms with Crippen molar-refractivity contribution in [3.63, 3.8) is 0 Å². The van der Waals surface area contributed by atoms with E-state index in [1.54, 1.807) is 36.5 Å². The third kappa shape index (κ3) is 5.42. The van der Waals surface area contributed by atoms with E-state index in [0.29, 0.717) is 46.8 Å². The molecule has 0 bridgehead atoms. The molecule has 4 aromatic rings. The van der Waals surface area contributed by atoms with Crippen molar-refractivity contribution in [1.29, 1.82) is 0 Å². The lowest BCUT2D eigenvalue weighted by atomic mass is 10.0. The topological polar surface area (TPSA) is 105 Å². The fraction of sp³-hybridized carbons (Fsp3) is 0.179. The van der Waals surface area contributed by atoms with Gasteiger partial charge < -0.3 is 26.0 Å². The second-order valence-electron chi connectivity index (χ2n) is 8.67. The number of benzene rings is 3. The molecule has 1 saturated heterocycles. The van der Waals surface area contributed by atoms with Crippen LogP contribution in [0.1, 0.15) is 0 Å². The Morgan fingerprint density at radius 1 is 1.19 bits per heavy atom. The maximum absolute atomic E-state index is 15.1. The SMILES string of the molecule is C=CC(=O)Nc1cccc(-c2c(F)ccc3cnc(Nc4ccc(N5CCOC(CN)C5)cc4)nc23)c1. The van der Waals surface area contributed by atoms with Crippen LogP contribution in [0.15, 0.2) is 79.5 Å².